The highest BCUT2D eigenvalue weighted by Crippen LogP contribution is 2.14. The average Bonchev–Trinajstić information content (AvgIpc) is 2.39. The first-order valence-corrected chi connectivity index (χ1v) is 6.72. The first-order valence-electron chi connectivity index (χ1n) is 6.72. The second-order valence-electron chi connectivity index (χ2n) is 4.88. The first kappa shape index (κ1) is 13.1. The van der Waals surface area contributed by atoms with Crippen molar-refractivity contribution in [3.05, 3.63) is 22.7 Å². The van der Waals surface area contributed by atoms with E-state index in [-0.39, 0.29) is 5.56 Å². The zero-order valence-electron chi connectivity index (χ0n) is 11.2. The first-order chi connectivity index (χ1) is 8.72. The third kappa shape index (κ3) is 2.90. The minimum absolute atomic E-state index is 0.0292. The number of aryl methyl sites for hydroxylation is 1. The molecular weight excluding hydrogens is 228 g/mol. The Morgan fingerprint density at radius 2 is 2.33 bits per heavy atom. The standard InChI is InChI=1S/C13H22N4O/c1-3-17-9-7-14-12(13(17)18)15-10-11-6-4-5-8-16(11)2/h7,9,11H,3-6,8,10H2,1-2H3,(H,14,15). The predicted molar refractivity (Wildman–Crippen MR) is 72.9 cm³/mol. The summed E-state index contributed by atoms with van der Waals surface area (Å²) in [7, 11) is 2.15. The van der Waals surface area contributed by atoms with Gasteiger partial charge in [0.15, 0.2) is 5.82 Å². The Balaban J connectivity index is 1.99. The van der Waals surface area contributed by atoms with Gasteiger partial charge in [-0.3, -0.25) is 4.79 Å². The Morgan fingerprint density at radius 1 is 1.50 bits per heavy atom. The van der Waals surface area contributed by atoms with Crippen molar-refractivity contribution in [1.29, 1.82) is 0 Å². The molecule has 1 atom stereocenters. The van der Waals surface area contributed by atoms with Gasteiger partial charge >= 0.3 is 0 Å². The summed E-state index contributed by atoms with van der Waals surface area (Å²) in [6, 6.07) is 0.509. The van der Waals surface area contributed by atoms with Gasteiger partial charge in [0.25, 0.3) is 5.56 Å². The molecule has 0 aliphatic carbocycles. The van der Waals surface area contributed by atoms with Crippen LogP contribution >= 0.6 is 0 Å². The molecule has 0 spiro atoms. The smallest absolute Gasteiger partial charge is 0.293 e. The van der Waals surface area contributed by atoms with Crippen LogP contribution in [-0.4, -0.2) is 40.6 Å². The number of piperidine rings is 1. The molecule has 2 heterocycles. The molecule has 1 aromatic rings. The van der Waals surface area contributed by atoms with Crippen LogP contribution in [-0.2, 0) is 6.54 Å². The van der Waals surface area contributed by atoms with Crippen molar-refractivity contribution in [2.24, 2.45) is 0 Å². The second kappa shape index (κ2) is 6.00. The molecule has 1 aliphatic rings. The van der Waals surface area contributed by atoms with Gasteiger partial charge in [0.1, 0.15) is 0 Å². The summed E-state index contributed by atoms with van der Waals surface area (Å²) in [6.07, 6.45) is 7.15. The highest BCUT2D eigenvalue weighted by molar-refractivity contribution is 5.31. The minimum Gasteiger partial charge on any atom is -0.364 e. The zero-order valence-corrected chi connectivity index (χ0v) is 11.2. The van der Waals surface area contributed by atoms with Crippen LogP contribution < -0.4 is 10.9 Å². The third-order valence-corrected chi connectivity index (χ3v) is 3.68. The van der Waals surface area contributed by atoms with Crippen LogP contribution in [0.4, 0.5) is 5.82 Å². The number of likely N-dealkylation sites (N-methyl/N-ethyl adjacent to an activating group) is 1. The number of hydrogen-bond acceptors (Lipinski definition) is 4. The van der Waals surface area contributed by atoms with E-state index < -0.39 is 0 Å². The van der Waals surface area contributed by atoms with E-state index in [0.717, 1.165) is 13.1 Å². The summed E-state index contributed by atoms with van der Waals surface area (Å²) in [5.41, 5.74) is -0.0292. The summed E-state index contributed by atoms with van der Waals surface area (Å²) in [5, 5.41) is 3.20. The van der Waals surface area contributed by atoms with Crippen molar-refractivity contribution in [1.82, 2.24) is 14.5 Å². The van der Waals surface area contributed by atoms with E-state index in [0.29, 0.717) is 18.4 Å². The summed E-state index contributed by atoms with van der Waals surface area (Å²) >= 11 is 0. The van der Waals surface area contributed by atoms with Crippen molar-refractivity contribution >= 4 is 5.82 Å². The molecule has 0 amide bonds. The number of rotatable bonds is 4. The van der Waals surface area contributed by atoms with E-state index in [1.165, 1.54) is 19.3 Å². The summed E-state index contributed by atoms with van der Waals surface area (Å²) in [6.45, 7) is 4.58. The molecule has 100 valence electrons. The Morgan fingerprint density at radius 3 is 3.06 bits per heavy atom. The fraction of sp³-hybridized carbons (Fsp3) is 0.692. The van der Waals surface area contributed by atoms with Crippen LogP contribution in [0.2, 0.25) is 0 Å². The van der Waals surface area contributed by atoms with Gasteiger partial charge in [-0.2, -0.15) is 0 Å². The molecule has 2 rings (SSSR count). The third-order valence-electron chi connectivity index (χ3n) is 3.68. The number of nitrogens with zero attached hydrogens (tertiary/aromatic N) is 3. The van der Waals surface area contributed by atoms with Crippen LogP contribution in [0, 0.1) is 0 Å². The Labute approximate surface area is 108 Å². The molecule has 5 nitrogen and oxygen atoms in total. The van der Waals surface area contributed by atoms with Crippen molar-refractivity contribution in [2.45, 2.75) is 38.8 Å². The van der Waals surface area contributed by atoms with Crippen molar-refractivity contribution in [3.8, 4) is 0 Å². The van der Waals surface area contributed by atoms with E-state index in [2.05, 4.69) is 22.2 Å². The largest absolute Gasteiger partial charge is 0.364 e. The van der Waals surface area contributed by atoms with E-state index in [1.54, 1.807) is 17.0 Å². The summed E-state index contributed by atoms with van der Waals surface area (Å²) in [5.74, 6) is 0.471. The zero-order chi connectivity index (χ0) is 13.0. The Bertz CT molecular complexity index is 443. The van der Waals surface area contributed by atoms with Crippen molar-refractivity contribution in [2.75, 3.05) is 25.5 Å². The maximum absolute atomic E-state index is 12.0. The molecule has 0 aromatic carbocycles. The molecule has 0 radical (unpaired) electrons. The van der Waals surface area contributed by atoms with Gasteiger partial charge in [-0.25, -0.2) is 4.98 Å². The molecule has 1 fully saturated rings. The van der Waals surface area contributed by atoms with Gasteiger partial charge in [-0.15, -0.1) is 0 Å². The van der Waals surface area contributed by atoms with Crippen LogP contribution in [0.1, 0.15) is 26.2 Å². The Kier molecular flexibility index (Phi) is 4.36. The van der Waals surface area contributed by atoms with E-state index in [1.807, 2.05) is 6.92 Å². The maximum atomic E-state index is 12.0. The summed E-state index contributed by atoms with van der Waals surface area (Å²) < 4.78 is 1.67. The van der Waals surface area contributed by atoms with Gasteiger partial charge in [0, 0.05) is 31.5 Å². The number of aromatic nitrogens is 2. The van der Waals surface area contributed by atoms with Gasteiger partial charge in [-0.05, 0) is 33.4 Å². The van der Waals surface area contributed by atoms with Crippen LogP contribution in [0.5, 0.6) is 0 Å². The molecule has 1 saturated heterocycles. The van der Waals surface area contributed by atoms with Gasteiger partial charge in [0.2, 0.25) is 0 Å². The van der Waals surface area contributed by atoms with Crippen molar-refractivity contribution < 1.29 is 0 Å². The number of anilines is 1. The van der Waals surface area contributed by atoms with E-state index in [4.69, 9.17) is 0 Å². The molecule has 0 bridgehead atoms. The van der Waals surface area contributed by atoms with Crippen LogP contribution in [0.25, 0.3) is 0 Å². The Hall–Kier alpha value is -1.36. The molecule has 1 N–H and O–H groups in total. The molecule has 1 unspecified atom stereocenters. The maximum Gasteiger partial charge on any atom is 0.293 e. The molecule has 5 heteroatoms. The van der Waals surface area contributed by atoms with E-state index in [9.17, 15) is 4.79 Å². The highest BCUT2D eigenvalue weighted by Gasteiger charge is 2.18. The topological polar surface area (TPSA) is 50.2 Å². The van der Waals surface area contributed by atoms with Gasteiger partial charge < -0.3 is 14.8 Å². The number of hydrogen-bond donors (Lipinski definition) is 1. The lowest BCUT2D eigenvalue weighted by molar-refractivity contribution is 0.194. The SMILES string of the molecule is CCn1ccnc(NCC2CCCCN2C)c1=O. The normalized spacial score (nSPS) is 20.9. The number of likely N-dealkylation sites (tertiary alicyclic amines) is 1. The second-order valence-corrected chi connectivity index (χ2v) is 4.88. The fourth-order valence-electron chi connectivity index (χ4n) is 2.43. The number of nitrogens with one attached hydrogen (secondary N) is 1. The lowest BCUT2D eigenvalue weighted by atomic mass is 10.0. The molecule has 1 aliphatic heterocycles. The minimum atomic E-state index is -0.0292. The fourth-order valence-corrected chi connectivity index (χ4v) is 2.43. The average molecular weight is 250 g/mol. The quantitative estimate of drug-likeness (QED) is 0.871. The van der Waals surface area contributed by atoms with Crippen LogP contribution in [0.15, 0.2) is 17.2 Å². The molecule has 18 heavy (non-hydrogen) atoms. The molecular formula is C13H22N4O. The summed E-state index contributed by atoms with van der Waals surface area (Å²) in [4.78, 5) is 18.5. The highest BCUT2D eigenvalue weighted by atomic mass is 16.1. The van der Waals surface area contributed by atoms with Gasteiger partial charge in [-0.1, -0.05) is 6.42 Å². The monoisotopic (exact) mass is 250 g/mol. The van der Waals surface area contributed by atoms with Crippen LogP contribution in [0.3, 0.4) is 0 Å². The lowest BCUT2D eigenvalue weighted by Crippen LogP contribution is -2.41. The predicted octanol–water partition coefficient (Wildman–Crippen LogP) is 1.16. The molecule has 0 saturated carbocycles. The van der Waals surface area contributed by atoms with Gasteiger partial charge in [0.05, 0.1) is 0 Å². The van der Waals surface area contributed by atoms with Crippen molar-refractivity contribution in [3.63, 3.8) is 0 Å². The molecule has 1 aromatic heterocycles. The van der Waals surface area contributed by atoms with E-state index >= 15 is 0 Å². The lowest BCUT2D eigenvalue weighted by Gasteiger charge is -2.32.